The number of amides is 2. The Morgan fingerprint density at radius 3 is 1.93 bits per heavy atom. The Balaban J connectivity index is 0.000000423. The van der Waals surface area contributed by atoms with Crippen molar-refractivity contribution in [3.63, 3.8) is 0 Å². The normalized spacial score (nSPS) is 9.13. The van der Waals surface area contributed by atoms with Gasteiger partial charge in [-0.2, -0.15) is 0 Å². The van der Waals surface area contributed by atoms with Crippen LogP contribution in [-0.2, 0) is 0 Å². The highest BCUT2D eigenvalue weighted by Gasteiger charge is 1.92. The topological polar surface area (TPSA) is 55.1 Å². The van der Waals surface area contributed by atoms with Crippen molar-refractivity contribution < 1.29 is 4.79 Å². The van der Waals surface area contributed by atoms with E-state index < -0.39 is 6.03 Å². The predicted octanol–water partition coefficient (Wildman–Crippen LogP) is 3.15. The van der Waals surface area contributed by atoms with Gasteiger partial charge in [-0.05, 0) is 25.0 Å². The van der Waals surface area contributed by atoms with Crippen LogP contribution in [0.15, 0.2) is 24.3 Å². The molecule has 0 fully saturated rings. The highest BCUT2D eigenvalue weighted by atomic mass is 16.2. The molecule has 0 saturated heterocycles. The molecule has 3 N–H and O–H groups in total. The number of benzene rings is 1. The third kappa shape index (κ3) is 8.81. The van der Waals surface area contributed by atoms with Crippen molar-refractivity contribution in [1.82, 2.24) is 0 Å². The molecule has 0 bridgehead atoms. The number of carbonyl (C=O) groups excluding carboxylic acids is 1. The zero-order valence-electron chi connectivity index (χ0n) is 9.87. The molecule has 15 heavy (non-hydrogen) atoms. The van der Waals surface area contributed by atoms with E-state index in [0.717, 1.165) is 17.2 Å². The van der Waals surface area contributed by atoms with Gasteiger partial charge in [0.05, 0.1) is 0 Å². The Kier molecular flexibility index (Phi) is 6.18. The molecule has 0 heterocycles. The van der Waals surface area contributed by atoms with Crippen LogP contribution in [0.4, 0.5) is 10.5 Å². The zero-order valence-corrected chi connectivity index (χ0v) is 9.87. The molecule has 0 saturated carbocycles. The Bertz CT molecular complexity index is 288. The van der Waals surface area contributed by atoms with Gasteiger partial charge in [0.25, 0.3) is 0 Å². The lowest BCUT2D eigenvalue weighted by Gasteiger charge is -2.00. The number of nitrogens with one attached hydrogen (secondary N) is 1. The third-order valence-corrected chi connectivity index (χ3v) is 1.32. The Hall–Kier alpha value is -1.51. The second-order valence-electron chi connectivity index (χ2n) is 4.09. The number of aryl methyl sites for hydroxylation is 1. The molecule has 2 amide bonds. The molecule has 1 rings (SSSR count). The fourth-order valence-electron chi connectivity index (χ4n) is 0.779. The van der Waals surface area contributed by atoms with Crippen LogP contribution in [0, 0.1) is 12.8 Å². The summed E-state index contributed by atoms with van der Waals surface area (Å²) in [7, 11) is 0. The molecule has 0 aliphatic rings. The summed E-state index contributed by atoms with van der Waals surface area (Å²) in [5.41, 5.74) is 6.79. The fraction of sp³-hybridized carbons (Fsp3) is 0.417. The maximum absolute atomic E-state index is 10.4. The lowest BCUT2D eigenvalue weighted by molar-refractivity contribution is 0.259. The summed E-state index contributed by atoms with van der Waals surface area (Å²) in [4.78, 5) is 10.4. The number of rotatable bonds is 1. The third-order valence-electron chi connectivity index (χ3n) is 1.32. The van der Waals surface area contributed by atoms with Crippen LogP contribution in [0.3, 0.4) is 0 Å². The number of hydrogen-bond acceptors (Lipinski definition) is 1. The predicted molar refractivity (Wildman–Crippen MR) is 64.9 cm³/mol. The summed E-state index contributed by atoms with van der Waals surface area (Å²) in [6, 6.07) is 6.89. The number of anilines is 1. The van der Waals surface area contributed by atoms with E-state index in [1.165, 1.54) is 0 Å². The molecule has 0 radical (unpaired) electrons. The fourth-order valence-corrected chi connectivity index (χ4v) is 0.779. The molecule has 0 aliphatic heterocycles. The molecule has 0 unspecified atom stereocenters. The van der Waals surface area contributed by atoms with Crippen LogP contribution in [0.1, 0.15) is 26.3 Å². The van der Waals surface area contributed by atoms with Gasteiger partial charge in [0.1, 0.15) is 0 Å². The van der Waals surface area contributed by atoms with E-state index in [1.807, 2.05) is 19.1 Å². The maximum Gasteiger partial charge on any atom is 0.316 e. The molecule has 3 heteroatoms. The monoisotopic (exact) mass is 208 g/mol. The first kappa shape index (κ1) is 13.5. The molecule has 0 spiro atoms. The molecular formula is C12H20N2O. The molecule has 1 aromatic carbocycles. The first-order valence-electron chi connectivity index (χ1n) is 5.05. The van der Waals surface area contributed by atoms with E-state index in [0.29, 0.717) is 0 Å². The van der Waals surface area contributed by atoms with Crippen molar-refractivity contribution in [3.8, 4) is 0 Å². The minimum absolute atomic E-state index is 0.533. The summed E-state index contributed by atoms with van der Waals surface area (Å²) in [6.45, 7) is 8.48. The minimum Gasteiger partial charge on any atom is -0.351 e. The number of nitrogens with two attached hydrogens (primary N) is 1. The van der Waals surface area contributed by atoms with Crippen molar-refractivity contribution in [2.24, 2.45) is 11.7 Å². The van der Waals surface area contributed by atoms with Crippen molar-refractivity contribution in [2.75, 3.05) is 5.32 Å². The Morgan fingerprint density at radius 2 is 1.60 bits per heavy atom. The van der Waals surface area contributed by atoms with Crippen LogP contribution in [0.25, 0.3) is 0 Å². The van der Waals surface area contributed by atoms with Gasteiger partial charge in [-0.25, -0.2) is 4.79 Å². The Morgan fingerprint density at radius 1 is 1.20 bits per heavy atom. The van der Waals surface area contributed by atoms with Crippen LogP contribution >= 0.6 is 0 Å². The van der Waals surface area contributed by atoms with E-state index in [9.17, 15) is 4.79 Å². The second-order valence-corrected chi connectivity index (χ2v) is 4.09. The summed E-state index contributed by atoms with van der Waals surface area (Å²) >= 11 is 0. The maximum atomic E-state index is 10.4. The van der Waals surface area contributed by atoms with E-state index in [1.54, 1.807) is 12.1 Å². The van der Waals surface area contributed by atoms with Crippen molar-refractivity contribution in [1.29, 1.82) is 0 Å². The summed E-state index contributed by atoms with van der Waals surface area (Å²) in [5, 5.41) is 2.47. The van der Waals surface area contributed by atoms with Gasteiger partial charge < -0.3 is 11.1 Å². The van der Waals surface area contributed by atoms with E-state index >= 15 is 0 Å². The highest BCUT2D eigenvalue weighted by molar-refractivity contribution is 5.87. The van der Waals surface area contributed by atoms with Gasteiger partial charge in [0.15, 0.2) is 0 Å². The molecule has 1 aromatic rings. The number of urea groups is 1. The van der Waals surface area contributed by atoms with Crippen molar-refractivity contribution >= 4 is 11.7 Å². The largest absolute Gasteiger partial charge is 0.351 e. The smallest absolute Gasteiger partial charge is 0.316 e. The molecule has 84 valence electrons. The van der Waals surface area contributed by atoms with E-state index in [4.69, 9.17) is 5.73 Å². The van der Waals surface area contributed by atoms with Crippen molar-refractivity contribution in [2.45, 2.75) is 27.7 Å². The highest BCUT2D eigenvalue weighted by Crippen LogP contribution is 2.07. The lowest BCUT2D eigenvalue weighted by Crippen LogP contribution is -2.19. The molecule has 3 nitrogen and oxygen atoms in total. The number of primary amides is 1. The van der Waals surface area contributed by atoms with Crippen LogP contribution in [0.2, 0.25) is 0 Å². The van der Waals surface area contributed by atoms with Gasteiger partial charge >= 0.3 is 6.03 Å². The molecule has 0 aliphatic carbocycles. The minimum atomic E-state index is -0.533. The van der Waals surface area contributed by atoms with Gasteiger partial charge in [-0.3, -0.25) is 0 Å². The second kappa shape index (κ2) is 6.87. The standard InChI is InChI=1S/C8H10N2O.C4H10/c1-6-2-4-7(5-3-6)10-8(9)11;1-4(2)3/h2-5H,1H3,(H3,9,10,11);4H,1-3H3. The molecule has 0 aromatic heterocycles. The zero-order chi connectivity index (χ0) is 11.8. The Labute approximate surface area is 91.7 Å². The van der Waals surface area contributed by atoms with Crippen LogP contribution < -0.4 is 11.1 Å². The summed E-state index contributed by atoms with van der Waals surface area (Å²) in [5.74, 6) is 0.833. The quantitative estimate of drug-likeness (QED) is 0.731. The average molecular weight is 208 g/mol. The van der Waals surface area contributed by atoms with E-state index in [2.05, 4.69) is 26.1 Å². The van der Waals surface area contributed by atoms with Gasteiger partial charge in [-0.15, -0.1) is 0 Å². The molecular weight excluding hydrogens is 188 g/mol. The molecule has 0 atom stereocenters. The van der Waals surface area contributed by atoms with Gasteiger partial charge in [0, 0.05) is 5.69 Å². The first-order chi connectivity index (χ1) is 6.91. The van der Waals surface area contributed by atoms with Crippen LogP contribution in [-0.4, -0.2) is 6.03 Å². The van der Waals surface area contributed by atoms with Gasteiger partial charge in [-0.1, -0.05) is 38.5 Å². The average Bonchev–Trinajstić information content (AvgIpc) is 2.07. The van der Waals surface area contributed by atoms with E-state index in [-0.39, 0.29) is 0 Å². The summed E-state index contributed by atoms with van der Waals surface area (Å²) in [6.07, 6.45) is 0. The van der Waals surface area contributed by atoms with Crippen LogP contribution in [0.5, 0.6) is 0 Å². The number of hydrogen-bond donors (Lipinski definition) is 2. The summed E-state index contributed by atoms with van der Waals surface area (Å²) < 4.78 is 0. The van der Waals surface area contributed by atoms with Crippen molar-refractivity contribution in [3.05, 3.63) is 29.8 Å². The van der Waals surface area contributed by atoms with Gasteiger partial charge in [0.2, 0.25) is 0 Å². The number of carbonyl (C=O) groups is 1. The first-order valence-corrected chi connectivity index (χ1v) is 5.05. The SMILES string of the molecule is CC(C)C.Cc1ccc(NC(N)=O)cc1. The lowest BCUT2D eigenvalue weighted by atomic mass is 10.2.